The molecule has 0 fully saturated rings. The number of sulfonamides is 1. The largest absolute Gasteiger partial charge is 0.427 e. The Morgan fingerprint density at radius 3 is 2.29 bits per heavy atom. The standard InChI is InChI=1S/C23H19Cl2N3O5S/c1-16(29)33-21-9-5-17(6-10-21)14-26-27-23(30)15-28(20-4-2-3-19(25)13-20)34(31,32)22-11-7-18(24)8-12-22/h2-14H,15H2,1H3,(H,27,30)/b26-14-. The summed E-state index contributed by atoms with van der Waals surface area (Å²) in [6.45, 7) is 0.749. The van der Waals surface area contributed by atoms with E-state index < -0.39 is 28.4 Å². The summed E-state index contributed by atoms with van der Waals surface area (Å²) in [6, 6.07) is 18.2. The van der Waals surface area contributed by atoms with E-state index in [2.05, 4.69) is 10.5 Å². The summed E-state index contributed by atoms with van der Waals surface area (Å²) in [4.78, 5) is 23.5. The van der Waals surface area contributed by atoms with Crippen molar-refractivity contribution in [3.8, 4) is 5.75 Å². The molecule has 11 heteroatoms. The average Bonchev–Trinajstić information content (AvgIpc) is 2.78. The molecule has 0 heterocycles. The number of nitrogens with one attached hydrogen (secondary N) is 1. The third-order valence-electron chi connectivity index (χ3n) is 4.33. The first kappa shape index (κ1) is 25.2. The second-order valence-corrected chi connectivity index (χ2v) is 9.64. The molecule has 0 spiro atoms. The lowest BCUT2D eigenvalue weighted by Gasteiger charge is -2.23. The van der Waals surface area contributed by atoms with Crippen LogP contribution in [-0.4, -0.2) is 33.1 Å². The highest BCUT2D eigenvalue weighted by Crippen LogP contribution is 2.26. The summed E-state index contributed by atoms with van der Waals surface area (Å²) < 4.78 is 32.4. The first-order valence-electron chi connectivity index (χ1n) is 9.79. The third-order valence-corrected chi connectivity index (χ3v) is 6.60. The van der Waals surface area contributed by atoms with E-state index in [0.29, 0.717) is 21.4 Å². The molecule has 0 saturated heterocycles. The number of anilines is 1. The lowest BCUT2D eigenvalue weighted by molar-refractivity contribution is -0.131. The van der Waals surface area contributed by atoms with E-state index in [1.807, 2.05) is 0 Å². The van der Waals surface area contributed by atoms with E-state index in [0.717, 1.165) is 4.31 Å². The maximum absolute atomic E-state index is 13.3. The van der Waals surface area contributed by atoms with Gasteiger partial charge in [0.05, 0.1) is 16.8 Å². The highest BCUT2D eigenvalue weighted by molar-refractivity contribution is 7.92. The fourth-order valence-electron chi connectivity index (χ4n) is 2.81. The second kappa shape index (κ2) is 11.1. The number of rotatable bonds is 8. The second-order valence-electron chi connectivity index (χ2n) is 6.90. The summed E-state index contributed by atoms with van der Waals surface area (Å²) in [5.74, 6) is -0.741. The molecule has 176 valence electrons. The van der Waals surface area contributed by atoms with Crippen LogP contribution in [0.25, 0.3) is 0 Å². The van der Waals surface area contributed by atoms with Gasteiger partial charge in [-0.15, -0.1) is 0 Å². The van der Waals surface area contributed by atoms with Crippen molar-refractivity contribution in [2.45, 2.75) is 11.8 Å². The number of esters is 1. The summed E-state index contributed by atoms with van der Waals surface area (Å²) in [5, 5.41) is 4.55. The van der Waals surface area contributed by atoms with Gasteiger partial charge in [0.25, 0.3) is 15.9 Å². The quantitative estimate of drug-likeness (QED) is 0.207. The Kier molecular flexibility index (Phi) is 8.27. The fraction of sp³-hybridized carbons (Fsp3) is 0.0870. The van der Waals surface area contributed by atoms with Gasteiger partial charge in [0, 0.05) is 17.0 Å². The van der Waals surface area contributed by atoms with Crippen LogP contribution in [-0.2, 0) is 19.6 Å². The smallest absolute Gasteiger partial charge is 0.308 e. The van der Waals surface area contributed by atoms with Crippen LogP contribution in [0.4, 0.5) is 5.69 Å². The molecule has 0 unspecified atom stereocenters. The van der Waals surface area contributed by atoms with Gasteiger partial charge in [0.2, 0.25) is 0 Å². The molecule has 34 heavy (non-hydrogen) atoms. The Morgan fingerprint density at radius 1 is 1.00 bits per heavy atom. The van der Waals surface area contributed by atoms with Gasteiger partial charge in [-0.05, 0) is 72.3 Å². The Labute approximate surface area is 206 Å². The summed E-state index contributed by atoms with van der Waals surface area (Å²) in [7, 11) is -4.11. The van der Waals surface area contributed by atoms with Gasteiger partial charge >= 0.3 is 5.97 Å². The molecule has 1 N–H and O–H groups in total. The molecule has 0 aromatic heterocycles. The summed E-state index contributed by atoms with van der Waals surface area (Å²) >= 11 is 11.9. The molecule has 8 nitrogen and oxygen atoms in total. The van der Waals surface area contributed by atoms with Crippen molar-refractivity contribution in [3.63, 3.8) is 0 Å². The van der Waals surface area contributed by atoms with E-state index >= 15 is 0 Å². The van der Waals surface area contributed by atoms with Crippen LogP contribution in [0.5, 0.6) is 5.75 Å². The topological polar surface area (TPSA) is 105 Å². The highest BCUT2D eigenvalue weighted by Gasteiger charge is 2.27. The number of ether oxygens (including phenoxy) is 1. The van der Waals surface area contributed by atoms with Gasteiger partial charge in [-0.25, -0.2) is 13.8 Å². The normalized spacial score (nSPS) is 11.3. The molecular weight excluding hydrogens is 501 g/mol. The van der Waals surface area contributed by atoms with Crippen molar-refractivity contribution >= 4 is 57.0 Å². The Balaban J connectivity index is 1.77. The van der Waals surface area contributed by atoms with E-state index in [1.165, 1.54) is 49.5 Å². The van der Waals surface area contributed by atoms with Crippen LogP contribution in [0.3, 0.4) is 0 Å². The van der Waals surface area contributed by atoms with Crippen LogP contribution < -0.4 is 14.5 Å². The molecule has 1 amide bonds. The van der Waals surface area contributed by atoms with Crippen molar-refractivity contribution in [2.75, 3.05) is 10.8 Å². The summed E-state index contributed by atoms with van der Waals surface area (Å²) in [5.41, 5.74) is 3.14. The summed E-state index contributed by atoms with van der Waals surface area (Å²) in [6.07, 6.45) is 1.37. The van der Waals surface area contributed by atoms with Gasteiger partial charge in [-0.2, -0.15) is 5.10 Å². The van der Waals surface area contributed by atoms with E-state index in [-0.39, 0.29) is 10.6 Å². The molecule has 0 saturated carbocycles. The monoisotopic (exact) mass is 519 g/mol. The Hall–Kier alpha value is -3.40. The molecule has 0 aliphatic carbocycles. The maximum Gasteiger partial charge on any atom is 0.308 e. The number of hydrogen-bond donors (Lipinski definition) is 1. The van der Waals surface area contributed by atoms with Gasteiger partial charge < -0.3 is 4.74 Å². The minimum Gasteiger partial charge on any atom is -0.427 e. The number of halogens is 2. The van der Waals surface area contributed by atoms with E-state index in [9.17, 15) is 18.0 Å². The number of amides is 1. The van der Waals surface area contributed by atoms with Crippen LogP contribution >= 0.6 is 23.2 Å². The number of carbonyl (C=O) groups is 2. The molecule has 0 aliphatic heterocycles. The maximum atomic E-state index is 13.3. The van der Waals surface area contributed by atoms with Crippen LogP contribution in [0.2, 0.25) is 10.0 Å². The molecule has 0 radical (unpaired) electrons. The Bertz CT molecular complexity index is 1310. The lowest BCUT2D eigenvalue weighted by Crippen LogP contribution is -2.39. The number of nitrogens with zero attached hydrogens (tertiary/aromatic N) is 2. The molecular formula is C23H19Cl2N3O5S. The first-order valence-corrected chi connectivity index (χ1v) is 12.0. The van der Waals surface area contributed by atoms with E-state index in [4.69, 9.17) is 27.9 Å². The van der Waals surface area contributed by atoms with Crippen molar-refractivity contribution in [1.82, 2.24) is 5.43 Å². The number of hydrazone groups is 1. The Morgan fingerprint density at radius 2 is 1.68 bits per heavy atom. The lowest BCUT2D eigenvalue weighted by atomic mass is 10.2. The molecule has 3 rings (SSSR count). The van der Waals surface area contributed by atoms with Crippen molar-refractivity contribution in [1.29, 1.82) is 0 Å². The number of carbonyl (C=O) groups excluding carboxylic acids is 2. The van der Waals surface area contributed by atoms with Crippen molar-refractivity contribution in [3.05, 3.63) is 88.4 Å². The fourth-order valence-corrected chi connectivity index (χ4v) is 4.54. The van der Waals surface area contributed by atoms with Gasteiger partial charge in [-0.3, -0.25) is 13.9 Å². The highest BCUT2D eigenvalue weighted by atomic mass is 35.5. The van der Waals surface area contributed by atoms with Crippen molar-refractivity contribution in [2.24, 2.45) is 5.10 Å². The minimum atomic E-state index is -4.11. The minimum absolute atomic E-state index is 0.0407. The molecule has 3 aromatic rings. The van der Waals surface area contributed by atoms with Crippen molar-refractivity contribution < 1.29 is 22.7 Å². The number of benzene rings is 3. The van der Waals surface area contributed by atoms with Crippen LogP contribution in [0, 0.1) is 0 Å². The third kappa shape index (κ3) is 6.80. The predicted molar refractivity (Wildman–Crippen MR) is 131 cm³/mol. The SMILES string of the molecule is CC(=O)Oc1ccc(/C=N\NC(=O)CN(c2cccc(Cl)c2)S(=O)(=O)c2ccc(Cl)cc2)cc1. The zero-order valence-electron chi connectivity index (χ0n) is 17.8. The van der Waals surface area contributed by atoms with Crippen LogP contribution in [0.1, 0.15) is 12.5 Å². The van der Waals surface area contributed by atoms with Gasteiger partial charge in [-0.1, -0.05) is 29.3 Å². The van der Waals surface area contributed by atoms with Gasteiger partial charge in [0.1, 0.15) is 12.3 Å². The first-order chi connectivity index (χ1) is 16.1. The molecule has 0 atom stereocenters. The average molecular weight is 520 g/mol. The van der Waals surface area contributed by atoms with Gasteiger partial charge in [0.15, 0.2) is 0 Å². The zero-order chi connectivity index (χ0) is 24.7. The van der Waals surface area contributed by atoms with E-state index in [1.54, 1.807) is 36.4 Å². The molecule has 0 bridgehead atoms. The number of hydrogen-bond acceptors (Lipinski definition) is 6. The van der Waals surface area contributed by atoms with Crippen LogP contribution in [0.15, 0.2) is 82.8 Å². The molecule has 3 aromatic carbocycles. The zero-order valence-corrected chi connectivity index (χ0v) is 20.1. The predicted octanol–water partition coefficient (Wildman–Crippen LogP) is 4.26. The molecule has 0 aliphatic rings.